The lowest BCUT2D eigenvalue weighted by Gasteiger charge is -2.24. The Bertz CT molecular complexity index is 643. The standard InChI is InChI=1S/C15H14Cl2N2O2/c1-14(10-15(14,16)17)13(20)19(9-11-5-4-8-21-11)12-6-2-3-7-18-12/h2-8H,9-10H2,1H3/t14-/m1/s1. The van der Waals surface area contributed by atoms with Gasteiger partial charge in [-0.25, -0.2) is 4.98 Å². The maximum absolute atomic E-state index is 12.8. The first-order chi connectivity index (χ1) is 9.94. The number of halogens is 2. The molecule has 110 valence electrons. The third-order valence-corrected chi connectivity index (χ3v) is 4.90. The number of carbonyl (C=O) groups is 1. The van der Waals surface area contributed by atoms with Crippen molar-refractivity contribution >= 4 is 34.9 Å². The average Bonchev–Trinajstić information content (AvgIpc) is 2.85. The number of aromatic nitrogens is 1. The molecular formula is C15H14Cl2N2O2. The average molecular weight is 325 g/mol. The van der Waals surface area contributed by atoms with Crippen LogP contribution in [0.5, 0.6) is 0 Å². The molecule has 6 heteroatoms. The van der Waals surface area contributed by atoms with Gasteiger partial charge in [0.1, 0.15) is 15.9 Å². The molecular weight excluding hydrogens is 311 g/mol. The summed E-state index contributed by atoms with van der Waals surface area (Å²) in [5.74, 6) is 1.08. The smallest absolute Gasteiger partial charge is 0.237 e. The van der Waals surface area contributed by atoms with Crippen LogP contribution in [0.4, 0.5) is 5.82 Å². The Morgan fingerprint density at radius 2 is 2.14 bits per heavy atom. The molecule has 21 heavy (non-hydrogen) atoms. The van der Waals surface area contributed by atoms with E-state index in [4.69, 9.17) is 27.6 Å². The molecule has 0 spiro atoms. The molecule has 2 aromatic rings. The molecule has 0 unspecified atom stereocenters. The van der Waals surface area contributed by atoms with Gasteiger partial charge in [-0.2, -0.15) is 0 Å². The fourth-order valence-electron chi connectivity index (χ4n) is 2.26. The molecule has 0 aliphatic heterocycles. The minimum Gasteiger partial charge on any atom is -0.467 e. The third-order valence-electron chi connectivity index (χ3n) is 3.79. The fourth-order valence-corrected chi connectivity index (χ4v) is 2.95. The number of nitrogens with zero attached hydrogens (tertiary/aromatic N) is 2. The Morgan fingerprint density at radius 3 is 2.67 bits per heavy atom. The summed E-state index contributed by atoms with van der Waals surface area (Å²) in [6.07, 6.45) is 3.65. The van der Waals surface area contributed by atoms with Crippen molar-refractivity contribution < 1.29 is 9.21 Å². The summed E-state index contributed by atoms with van der Waals surface area (Å²) < 4.78 is 4.32. The maximum Gasteiger partial charge on any atom is 0.237 e. The predicted octanol–water partition coefficient (Wildman–Crippen LogP) is 3.79. The SMILES string of the molecule is C[C@]1(C(=O)N(Cc2ccco2)c2ccccn2)CC1(Cl)Cl. The zero-order valence-electron chi connectivity index (χ0n) is 11.4. The number of furan rings is 1. The molecule has 1 atom stereocenters. The second-order valence-corrected chi connectivity index (χ2v) is 6.86. The molecule has 0 bridgehead atoms. The van der Waals surface area contributed by atoms with Crippen LogP contribution in [0.1, 0.15) is 19.1 Å². The van der Waals surface area contributed by atoms with Crippen molar-refractivity contribution in [3.05, 3.63) is 48.6 Å². The highest BCUT2D eigenvalue weighted by atomic mass is 35.5. The lowest BCUT2D eigenvalue weighted by atomic mass is 10.1. The number of hydrogen-bond donors (Lipinski definition) is 0. The van der Waals surface area contributed by atoms with E-state index in [-0.39, 0.29) is 5.91 Å². The summed E-state index contributed by atoms with van der Waals surface area (Å²) >= 11 is 12.3. The van der Waals surface area contributed by atoms with Gasteiger partial charge in [0.25, 0.3) is 0 Å². The second kappa shape index (κ2) is 5.04. The molecule has 0 saturated heterocycles. The lowest BCUT2D eigenvalue weighted by Crippen LogP contribution is -2.38. The lowest BCUT2D eigenvalue weighted by molar-refractivity contribution is -0.123. The Balaban J connectivity index is 1.92. The van der Waals surface area contributed by atoms with Gasteiger partial charge in [0.05, 0.1) is 18.2 Å². The Kier molecular flexibility index (Phi) is 3.46. The maximum atomic E-state index is 12.8. The van der Waals surface area contributed by atoms with Crippen LogP contribution in [0, 0.1) is 5.41 Å². The van der Waals surface area contributed by atoms with Crippen molar-refractivity contribution in [2.75, 3.05) is 4.90 Å². The molecule has 4 nitrogen and oxygen atoms in total. The number of hydrogen-bond acceptors (Lipinski definition) is 3. The van der Waals surface area contributed by atoms with Crippen LogP contribution in [0.15, 0.2) is 47.2 Å². The number of pyridine rings is 1. The zero-order chi connectivity index (χ0) is 15.1. The molecule has 0 aromatic carbocycles. The number of anilines is 1. The van der Waals surface area contributed by atoms with E-state index in [0.717, 1.165) is 0 Å². The highest BCUT2D eigenvalue weighted by Crippen LogP contribution is 2.64. The molecule has 1 aliphatic rings. The van der Waals surface area contributed by atoms with Gasteiger partial charge in [0, 0.05) is 6.20 Å². The normalized spacial score (nSPS) is 22.8. The van der Waals surface area contributed by atoms with Crippen LogP contribution in [0.3, 0.4) is 0 Å². The topological polar surface area (TPSA) is 46.3 Å². The van der Waals surface area contributed by atoms with Crippen LogP contribution < -0.4 is 4.90 Å². The summed E-state index contributed by atoms with van der Waals surface area (Å²) in [4.78, 5) is 18.7. The first kappa shape index (κ1) is 14.4. The van der Waals surface area contributed by atoms with Crippen molar-refractivity contribution in [1.82, 2.24) is 4.98 Å². The van der Waals surface area contributed by atoms with Crippen molar-refractivity contribution in [3.8, 4) is 0 Å². The first-order valence-corrected chi connectivity index (χ1v) is 7.33. The molecule has 0 radical (unpaired) electrons. The van der Waals surface area contributed by atoms with Gasteiger partial charge in [-0.05, 0) is 37.6 Å². The summed E-state index contributed by atoms with van der Waals surface area (Å²) in [5, 5.41) is 0. The van der Waals surface area contributed by atoms with Crippen LogP contribution in [0.25, 0.3) is 0 Å². The van der Waals surface area contributed by atoms with Gasteiger partial charge >= 0.3 is 0 Å². The Morgan fingerprint density at radius 1 is 1.38 bits per heavy atom. The number of amides is 1. The van der Waals surface area contributed by atoms with E-state index in [1.165, 1.54) is 0 Å². The first-order valence-electron chi connectivity index (χ1n) is 6.57. The van der Waals surface area contributed by atoms with E-state index in [2.05, 4.69) is 4.98 Å². The van der Waals surface area contributed by atoms with E-state index < -0.39 is 9.75 Å². The number of rotatable bonds is 4. The third kappa shape index (κ3) is 2.54. The number of carbonyl (C=O) groups excluding carboxylic acids is 1. The van der Waals surface area contributed by atoms with Crippen molar-refractivity contribution in [3.63, 3.8) is 0 Å². The molecule has 3 rings (SSSR count). The van der Waals surface area contributed by atoms with E-state index in [1.54, 1.807) is 42.5 Å². The fraction of sp³-hybridized carbons (Fsp3) is 0.333. The van der Waals surface area contributed by atoms with E-state index >= 15 is 0 Å². The molecule has 1 fully saturated rings. The summed E-state index contributed by atoms with van der Waals surface area (Å²) in [6, 6.07) is 8.99. The number of alkyl halides is 2. The van der Waals surface area contributed by atoms with Gasteiger partial charge in [-0.3, -0.25) is 9.69 Å². The summed E-state index contributed by atoms with van der Waals surface area (Å²) in [5.41, 5.74) is -0.791. The Hall–Kier alpha value is -1.52. The van der Waals surface area contributed by atoms with Crippen LogP contribution in [-0.4, -0.2) is 15.2 Å². The molecule has 2 heterocycles. The molecule has 2 aromatic heterocycles. The monoisotopic (exact) mass is 324 g/mol. The molecule has 1 saturated carbocycles. The minimum atomic E-state index is -1.01. The van der Waals surface area contributed by atoms with Crippen molar-refractivity contribution in [2.24, 2.45) is 5.41 Å². The molecule has 0 N–H and O–H groups in total. The second-order valence-electron chi connectivity index (χ2n) is 5.37. The Labute approximate surface area is 132 Å². The van der Waals surface area contributed by atoms with Crippen LogP contribution in [0.2, 0.25) is 0 Å². The van der Waals surface area contributed by atoms with Gasteiger partial charge in [-0.15, -0.1) is 23.2 Å². The van der Waals surface area contributed by atoms with Gasteiger partial charge in [0.2, 0.25) is 5.91 Å². The largest absolute Gasteiger partial charge is 0.467 e. The van der Waals surface area contributed by atoms with Crippen LogP contribution in [-0.2, 0) is 11.3 Å². The highest BCUT2D eigenvalue weighted by molar-refractivity contribution is 6.53. The van der Waals surface area contributed by atoms with E-state index in [1.807, 2.05) is 12.1 Å². The van der Waals surface area contributed by atoms with Crippen molar-refractivity contribution in [1.29, 1.82) is 0 Å². The molecule has 1 amide bonds. The van der Waals surface area contributed by atoms with E-state index in [9.17, 15) is 4.79 Å². The summed E-state index contributed by atoms with van der Waals surface area (Å²) in [7, 11) is 0. The predicted molar refractivity (Wildman–Crippen MR) is 81.3 cm³/mol. The quantitative estimate of drug-likeness (QED) is 0.804. The highest BCUT2D eigenvalue weighted by Gasteiger charge is 2.69. The van der Waals surface area contributed by atoms with Gasteiger partial charge in [0.15, 0.2) is 0 Å². The summed E-state index contributed by atoms with van der Waals surface area (Å²) in [6.45, 7) is 2.07. The minimum absolute atomic E-state index is 0.150. The van der Waals surface area contributed by atoms with Gasteiger partial charge < -0.3 is 4.42 Å². The van der Waals surface area contributed by atoms with Gasteiger partial charge in [-0.1, -0.05) is 6.07 Å². The van der Waals surface area contributed by atoms with Crippen LogP contribution >= 0.6 is 23.2 Å². The zero-order valence-corrected chi connectivity index (χ0v) is 12.9. The molecule has 1 aliphatic carbocycles. The van der Waals surface area contributed by atoms with Crippen molar-refractivity contribution in [2.45, 2.75) is 24.2 Å². The van der Waals surface area contributed by atoms with E-state index in [0.29, 0.717) is 24.5 Å².